The lowest BCUT2D eigenvalue weighted by atomic mass is 10.1. The van der Waals surface area contributed by atoms with Crippen LogP contribution < -0.4 is 4.90 Å². The normalized spacial score (nSPS) is 14.7. The first-order chi connectivity index (χ1) is 7.26. The number of anilines is 1. The molecule has 0 amide bonds. The largest absolute Gasteiger partial charge is 0.368 e. The summed E-state index contributed by atoms with van der Waals surface area (Å²) in [7, 11) is 0. The van der Waals surface area contributed by atoms with Crippen molar-refractivity contribution in [2.45, 2.75) is 25.8 Å². The van der Waals surface area contributed by atoms with Gasteiger partial charge in [0.2, 0.25) is 0 Å². The van der Waals surface area contributed by atoms with Crippen LogP contribution in [0.2, 0.25) is 0 Å². The van der Waals surface area contributed by atoms with Crippen LogP contribution in [0.4, 0.5) is 5.69 Å². The molecule has 0 heterocycles. The number of halogens is 1. The predicted molar refractivity (Wildman–Crippen MR) is 64.9 cm³/mol. The van der Waals surface area contributed by atoms with Gasteiger partial charge in [-0.05, 0) is 38.0 Å². The topological polar surface area (TPSA) is 27.0 Å². The molecule has 0 saturated heterocycles. The summed E-state index contributed by atoms with van der Waals surface area (Å²) in [6.07, 6.45) is 2.52. The highest BCUT2D eigenvalue weighted by atomic mass is 79.9. The molecule has 0 bridgehead atoms. The van der Waals surface area contributed by atoms with Crippen LogP contribution in [-0.2, 0) is 0 Å². The molecule has 1 aliphatic rings. The highest BCUT2D eigenvalue weighted by molar-refractivity contribution is 9.10. The van der Waals surface area contributed by atoms with Crippen LogP contribution in [0.15, 0.2) is 22.7 Å². The molecule has 2 nitrogen and oxygen atoms in total. The highest BCUT2D eigenvalue weighted by Gasteiger charge is 2.29. The molecule has 0 unspecified atom stereocenters. The summed E-state index contributed by atoms with van der Waals surface area (Å²) in [5.41, 5.74) is 1.84. The molecule has 0 radical (unpaired) electrons. The van der Waals surface area contributed by atoms with Crippen LogP contribution >= 0.6 is 15.9 Å². The average Bonchev–Trinajstić information content (AvgIpc) is 3.05. The summed E-state index contributed by atoms with van der Waals surface area (Å²) >= 11 is 3.39. The number of benzene rings is 1. The first-order valence-electron chi connectivity index (χ1n) is 5.22. The molecule has 0 atom stereocenters. The second-order valence-electron chi connectivity index (χ2n) is 3.79. The number of rotatable bonds is 3. The number of hydrogen-bond donors (Lipinski definition) is 0. The molecular formula is C12H13BrN2. The minimum atomic E-state index is 0.656. The highest BCUT2D eigenvalue weighted by Crippen LogP contribution is 2.34. The van der Waals surface area contributed by atoms with Crippen molar-refractivity contribution < 1.29 is 0 Å². The molecule has 1 aliphatic carbocycles. The molecule has 0 N–H and O–H groups in total. The monoisotopic (exact) mass is 264 g/mol. The fourth-order valence-electron chi connectivity index (χ4n) is 1.86. The number of hydrogen-bond acceptors (Lipinski definition) is 2. The van der Waals surface area contributed by atoms with Gasteiger partial charge in [0.1, 0.15) is 6.07 Å². The van der Waals surface area contributed by atoms with Crippen molar-refractivity contribution >= 4 is 21.6 Å². The molecule has 3 heteroatoms. The molecule has 78 valence electrons. The maximum atomic E-state index is 9.09. The van der Waals surface area contributed by atoms with Crippen molar-refractivity contribution in [1.29, 1.82) is 5.26 Å². The Hall–Kier alpha value is -1.01. The fourth-order valence-corrected chi connectivity index (χ4v) is 2.22. The third-order valence-corrected chi connectivity index (χ3v) is 3.21. The van der Waals surface area contributed by atoms with Gasteiger partial charge in [0, 0.05) is 17.1 Å². The van der Waals surface area contributed by atoms with Crippen molar-refractivity contribution in [2.75, 3.05) is 11.4 Å². The van der Waals surface area contributed by atoms with Gasteiger partial charge in [-0.15, -0.1) is 0 Å². The van der Waals surface area contributed by atoms with Gasteiger partial charge in [-0.1, -0.05) is 15.9 Å². The molecule has 0 spiro atoms. The Balaban J connectivity index is 2.37. The molecule has 1 aromatic carbocycles. The third-order valence-electron chi connectivity index (χ3n) is 2.72. The van der Waals surface area contributed by atoms with Crippen molar-refractivity contribution in [3.8, 4) is 6.07 Å². The lowest BCUT2D eigenvalue weighted by molar-refractivity contribution is 0.825. The summed E-state index contributed by atoms with van der Waals surface area (Å²) in [5.74, 6) is 0. The Labute approximate surface area is 98.6 Å². The van der Waals surface area contributed by atoms with E-state index < -0.39 is 0 Å². The standard InChI is InChI=1S/C12H13BrN2/c1-2-15(11-4-5-11)12-6-3-10(13)7-9(12)8-14/h3,6-7,11H,2,4-5H2,1H3. The molecule has 1 saturated carbocycles. The van der Waals surface area contributed by atoms with Crippen LogP contribution in [0.25, 0.3) is 0 Å². The van der Waals surface area contributed by atoms with E-state index in [0.29, 0.717) is 6.04 Å². The first-order valence-corrected chi connectivity index (χ1v) is 6.02. The molecule has 1 aromatic rings. The van der Waals surface area contributed by atoms with Crippen molar-refractivity contribution in [2.24, 2.45) is 0 Å². The molecule has 0 aromatic heterocycles. The minimum absolute atomic E-state index is 0.656. The minimum Gasteiger partial charge on any atom is -0.368 e. The molecule has 1 fully saturated rings. The summed E-state index contributed by atoms with van der Waals surface area (Å²) in [6.45, 7) is 3.11. The van der Waals surface area contributed by atoms with Crippen molar-refractivity contribution in [3.63, 3.8) is 0 Å². The van der Waals surface area contributed by atoms with Crippen LogP contribution in [0.5, 0.6) is 0 Å². The lowest BCUT2D eigenvalue weighted by Gasteiger charge is -2.23. The Morgan fingerprint density at radius 1 is 1.53 bits per heavy atom. The van der Waals surface area contributed by atoms with Crippen LogP contribution in [0, 0.1) is 11.3 Å². The quantitative estimate of drug-likeness (QED) is 0.838. The summed E-state index contributed by atoms with van der Waals surface area (Å²) < 4.78 is 0.967. The Kier molecular flexibility index (Phi) is 2.97. The van der Waals surface area contributed by atoms with E-state index in [9.17, 15) is 0 Å². The molecule has 0 aliphatic heterocycles. The summed E-state index contributed by atoms with van der Waals surface area (Å²) in [5, 5.41) is 9.09. The van der Waals surface area contributed by atoms with Crippen LogP contribution in [0.1, 0.15) is 25.3 Å². The van der Waals surface area contributed by atoms with Gasteiger partial charge in [0.25, 0.3) is 0 Å². The van der Waals surface area contributed by atoms with E-state index in [1.54, 1.807) is 0 Å². The van der Waals surface area contributed by atoms with Gasteiger partial charge >= 0.3 is 0 Å². The maximum Gasteiger partial charge on any atom is 0.101 e. The average molecular weight is 265 g/mol. The summed E-state index contributed by atoms with van der Waals surface area (Å²) in [6, 6.07) is 8.84. The van der Waals surface area contributed by atoms with Crippen molar-refractivity contribution in [1.82, 2.24) is 0 Å². The zero-order chi connectivity index (χ0) is 10.8. The predicted octanol–water partition coefficient (Wildman–Crippen LogP) is 3.31. The molecule has 15 heavy (non-hydrogen) atoms. The Bertz CT molecular complexity index is 405. The van der Waals surface area contributed by atoms with Crippen LogP contribution in [0.3, 0.4) is 0 Å². The number of nitrogens with zero attached hydrogens (tertiary/aromatic N) is 2. The van der Waals surface area contributed by atoms with Gasteiger partial charge in [-0.2, -0.15) is 5.26 Å². The second kappa shape index (κ2) is 4.24. The van der Waals surface area contributed by atoms with E-state index in [4.69, 9.17) is 5.26 Å². The van der Waals surface area contributed by atoms with Gasteiger partial charge in [0.15, 0.2) is 0 Å². The van der Waals surface area contributed by atoms with Gasteiger partial charge < -0.3 is 4.90 Å². The second-order valence-corrected chi connectivity index (χ2v) is 4.71. The maximum absolute atomic E-state index is 9.09. The zero-order valence-electron chi connectivity index (χ0n) is 8.70. The van der Waals surface area contributed by atoms with E-state index in [1.807, 2.05) is 18.2 Å². The first kappa shape index (κ1) is 10.5. The SMILES string of the molecule is CCN(c1ccc(Br)cc1C#N)C1CC1. The lowest BCUT2D eigenvalue weighted by Crippen LogP contribution is -2.25. The van der Waals surface area contributed by atoms with E-state index in [-0.39, 0.29) is 0 Å². The summed E-state index contributed by atoms with van der Waals surface area (Å²) in [4.78, 5) is 2.32. The van der Waals surface area contributed by atoms with E-state index >= 15 is 0 Å². The third kappa shape index (κ3) is 2.15. The zero-order valence-corrected chi connectivity index (χ0v) is 10.3. The van der Waals surface area contributed by atoms with Crippen LogP contribution in [-0.4, -0.2) is 12.6 Å². The van der Waals surface area contributed by atoms with Gasteiger partial charge in [-0.25, -0.2) is 0 Å². The van der Waals surface area contributed by atoms with Gasteiger partial charge in [-0.3, -0.25) is 0 Å². The van der Waals surface area contributed by atoms with E-state index in [0.717, 1.165) is 22.3 Å². The van der Waals surface area contributed by atoms with E-state index in [1.165, 1.54) is 12.8 Å². The van der Waals surface area contributed by atoms with Gasteiger partial charge in [0.05, 0.1) is 11.3 Å². The molecular weight excluding hydrogens is 252 g/mol. The fraction of sp³-hybridized carbons (Fsp3) is 0.417. The van der Waals surface area contributed by atoms with Crippen molar-refractivity contribution in [3.05, 3.63) is 28.2 Å². The Morgan fingerprint density at radius 2 is 2.27 bits per heavy atom. The smallest absolute Gasteiger partial charge is 0.101 e. The van der Waals surface area contributed by atoms with E-state index in [2.05, 4.69) is 33.8 Å². The molecule has 2 rings (SSSR count). The number of nitriles is 1. The Morgan fingerprint density at radius 3 is 2.80 bits per heavy atom.